The molecule has 39 heavy (non-hydrogen) atoms. The molecule has 2 aromatic rings. The molecule has 1 atom stereocenters. The van der Waals surface area contributed by atoms with Crippen LogP contribution in [-0.2, 0) is 17.6 Å². The number of aryl methyl sites for hydroxylation is 1. The van der Waals surface area contributed by atoms with Crippen LogP contribution < -0.4 is 21.7 Å². The maximum absolute atomic E-state index is 12.0. The summed E-state index contributed by atoms with van der Waals surface area (Å²) < 4.78 is 0. The zero-order valence-corrected chi connectivity index (χ0v) is 23.6. The summed E-state index contributed by atoms with van der Waals surface area (Å²) in [6.07, 6.45) is 9.91. The van der Waals surface area contributed by atoms with Crippen molar-refractivity contribution in [2.45, 2.75) is 58.8 Å². The van der Waals surface area contributed by atoms with Crippen LogP contribution in [-0.4, -0.2) is 67.3 Å². The highest BCUT2D eigenvalue weighted by Gasteiger charge is 2.15. The Morgan fingerprint density at radius 3 is 2.67 bits per heavy atom. The summed E-state index contributed by atoms with van der Waals surface area (Å²) in [5.74, 6) is 1.60. The Morgan fingerprint density at radius 1 is 1.15 bits per heavy atom. The van der Waals surface area contributed by atoms with Crippen molar-refractivity contribution < 1.29 is 9.59 Å². The molecule has 0 fully saturated rings. The van der Waals surface area contributed by atoms with Gasteiger partial charge in [-0.15, -0.1) is 0 Å². The molecule has 0 aliphatic heterocycles. The van der Waals surface area contributed by atoms with Crippen LogP contribution in [0.1, 0.15) is 73.1 Å². The molecule has 0 aliphatic rings. The number of nitrogens with zero attached hydrogens (tertiary/aromatic N) is 4. The van der Waals surface area contributed by atoms with Gasteiger partial charge in [0.1, 0.15) is 23.4 Å². The van der Waals surface area contributed by atoms with Gasteiger partial charge in [-0.25, -0.2) is 9.97 Å². The minimum absolute atomic E-state index is 0.376. The molecule has 0 spiro atoms. The smallest absolute Gasteiger partial charge is 0.207 e. The maximum Gasteiger partial charge on any atom is 0.207 e. The van der Waals surface area contributed by atoms with Crippen molar-refractivity contribution in [3.05, 3.63) is 40.7 Å². The molecule has 0 saturated heterocycles. The second-order valence-electron chi connectivity index (χ2n) is 10.0. The minimum Gasteiger partial charge on any atom is -0.384 e. The number of rotatable bonds is 20. The number of hydrogen-bond donors (Lipinski definition) is 4. The molecular formula is C29H44N8O2. The Labute approximate surface area is 232 Å². The summed E-state index contributed by atoms with van der Waals surface area (Å²) in [5, 5.41) is 18.9. The van der Waals surface area contributed by atoms with Crippen molar-refractivity contribution in [1.82, 2.24) is 20.2 Å². The monoisotopic (exact) mass is 536 g/mol. The van der Waals surface area contributed by atoms with Crippen LogP contribution in [0.15, 0.2) is 18.3 Å². The van der Waals surface area contributed by atoms with Gasteiger partial charge in [-0.3, -0.25) is 9.59 Å². The van der Waals surface area contributed by atoms with Crippen LogP contribution in [0.3, 0.4) is 0 Å². The molecule has 5 N–H and O–H groups in total. The Kier molecular flexibility index (Phi) is 14.5. The fourth-order valence-corrected chi connectivity index (χ4v) is 4.26. The molecule has 2 aromatic heterocycles. The molecular weight excluding hydrogens is 492 g/mol. The Morgan fingerprint density at radius 2 is 1.97 bits per heavy atom. The summed E-state index contributed by atoms with van der Waals surface area (Å²) in [4.78, 5) is 33.6. The highest BCUT2D eigenvalue weighted by molar-refractivity contribution is 5.77. The number of carbonyl (C=O) groups is 2. The summed E-state index contributed by atoms with van der Waals surface area (Å²) in [6.45, 7) is 7.71. The lowest BCUT2D eigenvalue weighted by molar-refractivity contribution is -0.109. The van der Waals surface area contributed by atoms with Gasteiger partial charge in [-0.05, 0) is 62.4 Å². The normalized spacial score (nSPS) is 11.6. The number of carbonyl (C=O) groups excluding carboxylic acids is 2. The highest BCUT2D eigenvalue weighted by Crippen LogP contribution is 2.25. The third kappa shape index (κ3) is 11.0. The molecule has 0 aliphatic carbocycles. The summed E-state index contributed by atoms with van der Waals surface area (Å²) in [7, 11) is 1.97. The summed E-state index contributed by atoms with van der Waals surface area (Å²) >= 11 is 0. The number of aromatic nitrogens is 2. The predicted octanol–water partition coefficient (Wildman–Crippen LogP) is 3.64. The van der Waals surface area contributed by atoms with E-state index in [0.717, 1.165) is 49.0 Å². The maximum atomic E-state index is 12.0. The van der Waals surface area contributed by atoms with Crippen molar-refractivity contribution in [2.24, 2.45) is 11.7 Å². The predicted molar refractivity (Wildman–Crippen MR) is 156 cm³/mol. The Bertz CT molecular complexity index is 1090. The fraction of sp³-hybridized carbons (Fsp3) is 0.552. The van der Waals surface area contributed by atoms with E-state index < -0.39 is 0 Å². The van der Waals surface area contributed by atoms with Crippen LogP contribution in [0.5, 0.6) is 0 Å². The van der Waals surface area contributed by atoms with Gasteiger partial charge in [0.25, 0.3) is 0 Å². The van der Waals surface area contributed by atoms with Crippen molar-refractivity contribution >= 4 is 30.0 Å². The van der Waals surface area contributed by atoms with Crippen molar-refractivity contribution in [3.63, 3.8) is 0 Å². The first kappa shape index (κ1) is 31.7. The van der Waals surface area contributed by atoms with E-state index in [0.29, 0.717) is 67.7 Å². The largest absolute Gasteiger partial charge is 0.384 e. The number of pyridine rings is 2. The third-order valence-electron chi connectivity index (χ3n) is 6.67. The molecule has 1 unspecified atom stereocenters. The van der Waals surface area contributed by atoms with E-state index in [9.17, 15) is 14.9 Å². The van der Waals surface area contributed by atoms with Crippen LogP contribution in [0.4, 0.5) is 17.3 Å². The molecule has 0 saturated carbocycles. The number of nitrogens with two attached hydrogens (primary N) is 1. The van der Waals surface area contributed by atoms with Crippen molar-refractivity contribution in [2.75, 3.05) is 50.4 Å². The number of unbranched alkanes of at least 4 members (excludes halogenated alkanes) is 2. The number of hydrogen-bond acceptors (Lipinski definition) is 9. The standard InChI is InChI=1S/C29H44N8O2/c1-4-5-6-8-22(2)18-33-26-16-28(34-19-25(26)17-31)36-29-24(9-7-11-30)15-23(27(20-38)35-29)10-13-37(3)14-12-32-21-39/h15-16,19-22H,4-14,18,30H2,1-3H3,(H,32,39)(H2,33,34,35,36). The molecule has 1 amide bonds. The van der Waals surface area contributed by atoms with E-state index in [-0.39, 0.29) is 0 Å². The number of amides is 1. The van der Waals surface area contributed by atoms with Crippen LogP contribution in [0.25, 0.3) is 0 Å². The van der Waals surface area contributed by atoms with Gasteiger partial charge < -0.3 is 26.6 Å². The molecule has 2 heterocycles. The minimum atomic E-state index is 0.376. The topological polar surface area (TPSA) is 149 Å². The van der Waals surface area contributed by atoms with Gasteiger partial charge in [0.2, 0.25) is 6.41 Å². The van der Waals surface area contributed by atoms with Gasteiger partial charge in [0, 0.05) is 38.4 Å². The lowest BCUT2D eigenvalue weighted by Gasteiger charge is -2.19. The molecule has 0 radical (unpaired) electrons. The SMILES string of the molecule is CCCCCC(C)CNc1cc(Nc2nc(C=O)c(CCN(C)CCNC=O)cc2CCCN)ncc1C#N. The Hall–Kier alpha value is -3.55. The lowest BCUT2D eigenvalue weighted by Crippen LogP contribution is -2.30. The van der Waals surface area contributed by atoms with Gasteiger partial charge in [-0.1, -0.05) is 33.1 Å². The van der Waals surface area contributed by atoms with Crippen LogP contribution in [0.2, 0.25) is 0 Å². The number of nitrogens with one attached hydrogen (secondary N) is 3. The average Bonchev–Trinajstić information content (AvgIpc) is 2.94. The zero-order chi connectivity index (χ0) is 28.5. The number of likely N-dealkylation sites (N-methyl/N-ethyl adjacent to an activating group) is 1. The zero-order valence-electron chi connectivity index (χ0n) is 23.6. The molecule has 10 heteroatoms. The number of aldehydes is 1. The third-order valence-corrected chi connectivity index (χ3v) is 6.67. The van der Waals surface area contributed by atoms with E-state index in [2.05, 4.69) is 50.7 Å². The van der Waals surface area contributed by atoms with Crippen molar-refractivity contribution in [3.8, 4) is 6.07 Å². The fourth-order valence-electron chi connectivity index (χ4n) is 4.26. The van der Waals surface area contributed by atoms with E-state index in [1.165, 1.54) is 19.3 Å². The second kappa shape index (κ2) is 17.9. The second-order valence-corrected chi connectivity index (χ2v) is 10.0. The molecule has 10 nitrogen and oxygen atoms in total. The lowest BCUT2D eigenvalue weighted by atomic mass is 10.0. The van der Waals surface area contributed by atoms with E-state index in [4.69, 9.17) is 5.73 Å². The first-order valence-electron chi connectivity index (χ1n) is 13.9. The molecule has 212 valence electrons. The van der Waals surface area contributed by atoms with Crippen molar-refractivity contribution in [1.29, 1.82) is 5.26 Å². The first-order chi connectivity index (χ1) is 18.9. The Balaban J connectivity index is 2.22. The van der Waals surface area contributed by atoms with E-state index in [1.807, 2.05) is 19.2 Å². The quantitative estimate of drug-likeness (QED) is 0.147. The summed E-state index contributed by atoms with van der Waals surface area (Å²) in [5.41, 5.74) is 9.19. The van der Waals surface area contributed by atoms with E-state index >= 15 is 0 Å². The van der Waals surface area contributed by atoms with Gasteiger partial charge in [0.05, 0.1) is 11.3 Å². The number of nitriles is 1. The molecule has 0 bridgehead atoms. The molecule has 2 rings (SSSR count). The van der Waals surface area contributed by atoms with Crippen LogP contribution in [0, 0.1) is 17.2 Å². The van der Waals surface area contributed by atoms with Crippen LogP contribution >= 0.6 is 0 Å². The highest BCUT2D eigenvalue weighted by atomic mass is 16.1. The summed E-state index contributed by atoms with van der Waals surface area (Å²) in [6, 6.07) is 6.06. The number of anilines is 3. The van der Waals surface area contributed by atoms with Gasteiger partial charge >= 0.3 is 0 Å². The van der Waals surface area contributed by atoms with Gasteiger partial charge in [-0.2, -0.15) is 5.26 Å². The van der Waals surface area contributed by atoms with Gasteiger partial charge in [0.15, 0.2) is 6.29 Å². The first-order valence-corrected chi connectivity index (χ1v) is 13.9. The van der Waals surface area contributed by atoms with E-state index in [1.54, 1.807) is 6.20 Å². The average molecular weight is 537 g/mol. The molecule has 0 aromatic carbocycles.